The van der Waals surface area contributed by atoms with Gasteiger partial charge in [0.05, 0.1) is 11.3 Å². The minimum atomic E-state index is -1.04. The molecule has 0 saturated carbocycles. The van der Waals surface area contributed by atoms with Gasteiger partial charge in [0.2, 0.25) is 0 Å². The average molecular weight is 432 g/mol. The summed E-state index contributed by atoms with van der Waals surface area (Å²) in [5.74, 6) is -1.26. The number of carbonyl (C=O) groups excluding carboxylic acids is 1. The van der Waals surface area contributed by atoms with Crippen molar-refractivity contribution in [2.75, 3.05) is 5.32 Å². The third-order valence-corrected chi connectivity index (χ3v) is 5.97. The molecular weight excluding hydrogens is 410 g/mol. The number of rotatable bonds is 5. The maximum atomic E-state index is 12.6. The Bertz CT molecular complexity index is 1290. The van der Waals surface area contributed by atoms with Crippen LogP contribution in [0.15, 0.2) is 47.9 Å². The van der Waals surface area contributed by atoms with Gasteiger partial charge in [0.1, 0.15) is 10.7 Å². The van der Waals surface area contributed by atoms with E-state index in [1.807, 2.05) is 55.7 Å². The van der Waals surface area contributed by atoms with E-state index in [1.165, 1.54) is 0 Å². The number of nitrogens with one attached hydrogen (secondary N) is 2. The minimum absolute atomic E-state index is 0.0904. The van der Waals surface area contributed by atoms with Gasteiger partial charge in [0.15, 0.2) is 0 Å². The molecule has 0 spiro atoms. The highest BCUT2D eigenvalue weighted by molar-refractivity contribution is 7.11. The fourth-order valence-corrected chi connectivity index (χ4v) is 4.37. The number of anilines is 1. The van der Waals surface area contributed by atoms with E-state index in [0.717, 1.165) is 38.7 Å². The summed E-state index contributed by atoms with van der Waals surface area (Å²) in [7, 11) is 0. The lowest BCUT2D eigenvalue weighted by Gasteiger charge is -2.03. The average Bonchev–Trinajstić information content (AvgIpc) is 3.45. The number of amides is 1. The largest absolute Gasteiger partial charge is 0.477 e. The van der Waals surface area contributed by atoms with Gasteiger partial charge in [0.25, 0.3) is 5.91 Å². The number of carbonyl (C=O) groups is 2. The number of benzene rings is 1. The van der Waals surface area contributed by atoms with E-state index in [1.54, 1.807) is 30.4 Å². The van der Waals surface area contributed by atoms with E-state index < -0.39 is 5.97 Å². The molecule has 4 rings (SSSR count). The standard InChI is InChI=1S/C24H21N3O3S/c1-4-6-14(5-2)23-27-21(12-31-23)15-7-8-18-16(10-15)17(22(28)26-18)11-19-13(3)9-20(25-19)24(29)30/h4-12,25H,1-3H3,(H,26,28)(H,29,30). The number of carboxylic acids is 1. The summed E-state index contributed by atoms with van der Waals surface area (Å²) in [5.41, 5.74) is 6.24. The minimum Gasteiger partial charge on any atom is -0.477 e. The Hall–Kier alpha value is -3.71. The number of H-pyrrole nitrogens is 1. The Morgan fingerprint density at radius 2 is 2.03 bits per heavy atom. The van der Waals surface area contributed by atoms with E-state index in [0.29, 0.717) is 11.3 Å². The van der Waals surface area contributed by atoms with Crippen molar-refractivity contribution in [2.45, 2.75) is 20.8 Å². The lowest BCUT2D eigenvalue weighted by Crippen LogP contribution is -2.03. The predicted octanol–water partition coefficient (Wildman–Crippen LogP) is 5.62. The topological polar surface area (TPSA) is 95.1 Å². The molecule has 0 atom stereocenters. The van der Waals surface area contributed by atoms with Crippen LogP contribution in [0.25, 0.3) is 28.5 Å². The maximum absolute atomic E-state index is 12.6. The molecule has 3 heterocycles. The molecule has 1 amide bonds. The van der Waals surface area contributed by atoms with Gasteiger partial charge in [-0.2, -0.15) is 0 Å². The lowest BCUT2D eigenvalue weighted by molar-refractivity contribution is -0.110. The number of aromatic amines is 1. The molecule has 0 radical (unpaired) electrons. The van der Waals surface area contributed by atoms with Crippen molar-refractivity contribution in [3.05, 3.63) is 75.4 Å². The summed E-state index contributed by atoms with van der Waals surface area (Å²) in [6, 6.07) is 7.31. The van der Waals surface area contributed by atoms with E-state index in [-0.39, 0.29) is 11.6 Å². The smallest absolute Gasteiger partial charge is 0.352 e. The van der Waals surface area contributed by atoms with Crippen molar-refractivity contribution in [3.8, 4) is 11.3 Å². The molecule has 6 nitrogen and oxygen atoms in total. The van der Waals surface area contributed by atoms with E-state index in [2.05, 4.69) is 10.3 Å². The zero-order chi connectivity index (χ0) is 22.1. The number of hydrogen-bond acceptors (Lipinski definition) is 4. The van der Waals surface area contributed by atoms with Gasteiger partial charge < -0.3 is 15.4 Å². The molecule has 1 aliphatic rings. The second-order valence-electron chi connectivity index (χ2n) is 7.14. The van der Waals surface area contributed by atoms with E-state index >= 15 is 0 Å². The van der Waals surface area contributed by atoms with Crippen LogP contribution in [0.3, 0.4) is 0 Å². The molecule has 0 aliphatic carbocycles. The van der Waals surface area contributed by atoms with Crippen LogP contribution in [0.2, 0.25) is 0 Å². The predicted molar refractivity (Wildman–Crippen MR) is 125 cm³/mol. The highest BCUT2D eigenvalue weighted by Crippen LogP contribution is 2.37. The molecule has 31 heavy (non-hydrogen) atoms. The molecule has 156 valence electrons. The molecule has 7 heteroatoms. The highest BCUT2D eigenvalue weighted by atomic mass is 32.1. The summed E-state index contributed by atoms with van der Waals surface area (Å²) in [4.78, 5) is 31.5. The van der Waals surface area contributed by atoms with Gasteiger partial charge in [-0.15, -0.1) is 11.3 Å². The molecule has 2 aromatic heterocycles. The van der Waals surface area contributed by atoms with Gasteiger partial charge in [0, 0.05) is 33.5 Å². The number of aryl methyl sites for hydroxylation is 1. The number of hydrogen-bond donors (Lipinski definition) is 3. The van der Waals surface area contributed by atoms with E-state index in [9.17, 15) is 14.7 Å². The van der Waals surface area contributed by atoms with Gasteiger partial charge in [-0.05, 0) is 50.6 Å². The Morgan fingerprint density at radius 3 is 2.71 bits per heavy atom. The fourth-order valence-electron chi connectivity index (χ4n) is 3.48. The summed E-state index contributed by atoms with van der Waals surface area (Å²) in [5, 5.41) is 15.0. The number of aromatic nitrogens is 2. The quantitative estimate of drug-likeness (QED) is 0.361. The zero-order valence-electron chi connectivity index (χ0n) is 17.3. The summed E-state index contributed by atoms with van der Waals surface area (Å²) >= 11 is 1.57. The Balaban J connectivity index is 1.74. The van der Waals surface area contributed by atoms with E-state index in [4.69, 9.17) is 4.98 Å². The molecule has 0 fully saturated rings. The summed E-state index contributed by atoms with van der Waals surface area (Å²) < 4.78 is 0. The monoisotopic (exact) mass is 431 g/mol. The molecular formula is C24H21N3O3S. The van der Waals surface area contributed by atoms with Crippen molar-refractivity contribution in [2.24, 2.45) is 0 Å². The van der Waals surface area contributed by atoms with Crippen molar-refractivity contribution in [1.82, 2.24) is 9.97 Å². The first-order valence-corrected chi connectivity index (χ1v) is 10.6. The number of fused-ring (bicyclic) bond motifs is 1. The maximum Gasteiger partial charge on any atom is 0.352 e. The van der Waals surface area contributed by atoms with Crippen LogP contribution < -0.4 is 5.32 Å². The zero-order valence-corrected chi connectivity index (χ0v) is 18.1. The number of aromatic carboxylic acids is 1. The molecule has 3 aromatic rings. The van der Waals surface area contributed by atoms with Gasteiger partial charge >= 0.3 is 5.97 Å². The first-order valence-electron chi connectivity index (χ1n) is 9.77. The summed E-state index contributed by atoms with van der Waals surface area (Å²) in [6.45, 7) is 5.76. The molecule has 3 N–H and O–H groups in total. The third-order valence-electron chi connectivity index (χ3n) is 5.08. The van der Waals surface area contributed by atoms with Crippen LogP contribution in [0.4, 0.5) is 5.69 Å². The molecule has 1 aliphatic heterocycles. The third kappa shape index (κ3) is 3.87. The number of nitrogens with zero attached hydrogens (tertiary/aromatic N) is 1. The molecule has 0 unspecified atom stereocenters. The fraction of sp³-hybridized carbons (Fsp3) is 0.125. The van der Waals surface area contributed by atoms with Crippen molar-refractivity contribution < 1.29 is 14.7 Å². The second kappa shape index (κ2) is 8.20. The van der Waals surface area contributed by atoms with Crippen molar-refractivity contribution in [3.63, 3.8) is 0 Å². The van der Waals surface area contributed by atoms with Crippen LogP contribution in [0.5, 0.6) is 0 Å². The van der Waals surface area contributed by atoms with Crippen molar-refractivity contribution >= 4 is 46.1 Å². The molecule has 0 saturated heterocycles. The number of allylic oxidation sites excluding steroid dienone is 4. The van der Waals surface area contributed by atoms with Crippen molar-refractivity contribution in [1.29, 1.82) is 0 Å². The first-order chi connectivity index (χ1) is 14.9. The molecule has 0 bridgehead atoms. The Kier molecular flexibility index (Phi) is 5.44. The summed E-state index contributed by atoms with van der Waals surface area (Å²) in [6.07, 6.45) is 7.74. The lowest BCUT2D eigenvalue weighted by atomic mass is 10.0. The van der Waals surface area contributed by atoms with Crippen LogP contribution >= 0.6 is 11.3 Å². The first kappa shape index (κ1) is 20.6. The number of carboxylic acid groups (broad SMARTS) is 1. The Labute approximate surface area is 183 Å². The number of thiazole rings is 1. The van der Waals surface area contributed by atoms with Gasteiger partial charge in [-0.1, -0.05) is 24.3 Å². The second-order valence-corrected chi connectivity index (χ2v) is 8.00. The van der Waals surface area contributed by atoms with Crippen LogP contribution in [-0.4, -0.2) is 27.0 Å². The van der Waals surface area contributed by atoms with Gasteiger partial charge in [-0.25, -0.2) is 9.78 Å². The van der Waals surface area contributed by atoms with Crippen LogP contribution in [0, 0.1) is 6.92 Å². The molecule has 1 aromatic carbocycles. The van der Waals surface area contributed by atoms with Crippen LogP contribution in [0.1, 0.15) is 46.2 Å². The normalized spacial score (nSPS) is 15.0. The van der Waals surface area contributed by atoms with Crippen LogP contribution in [-0.2, 0) is 4.79 Å². The Morgan fingerprint density at radius 1 is 1.23 bits per heavy atom. The highest BCUT2D eigenvalue weighted by Gasteiger charge is 2.25. The van der Waals surface area contributed by atoms with Gasteiger partial charge in [-0.3, -0.25) is 4.79 Å². The SMILES string of the molecule is CC=CC(=CC)c1nc(-c2ccc3c(c2)C(=Cc2[nH]c(C(=O)O)cc2C)C(=O)N3)cs1.